The fourth-order valence-electron chi connectivity index (χ4n) is 3.31. The molecule has 0 bridgehead atoms. The maximum absolute atomic E-state index is 12.5. The molecule has 150 valence electrons. The third-order valence-electron chi connectivity index (χ3n) is 4.66. The Labute approximate surface area is 162 Å². The van der Waals surface area contributed by atoms with Crippen molar-refractivity contribution in [1.29, 1.82) is 0 Å². The van der Waals surface area contributed by atoms with Crippen LogP contribution in [0.1, 0.15) is 27.7 Å². The second kappa shape index (κ2) is 6.89. The van der Waals surface area contributed by atoms with E-state index in [2.05, 4.69) is 15.2 Å². The minimum absolute atomic E-state index is 0.294. The zero-order chi connectivity index (χ0) is 20.8. The lowest BCUT2D eigenvalue weighted by Gasteiger charge is -2.27. The van der Waals surface area contributed by atoms with E-state index < -0.39 is 24.3 Å². The number of alkyl halides is 3. The van der Waals surface area contributed by atoms with Gasteiger partial charge in [0.25, 0.3) is 5.91 Å². The number of ether oxygens (including phenoxy) is 1. The number of esters is 1. The van der Waals surface area contributed by atoms with Crippen molar-refractivity contribution in [2.75, 3.05) is 6.54 Å². The third-order valence-corrected chi connectivity index (χ3v) is 4.66. The van der Waals surface area contributed by atoms with Gasteiger partial charge in [0, 0.05) is 23.7 Å². The second-order valence-corrected chi connectivity index (χ2v) is 6.55. The number of carbonyl (C=O) groups excluding carboxylic acids is 2. The highest BCUT2D eigenvalue weighted by molar-refractivity contribution is 6.04. The summed E-state index contributed by atoms with van der Waals surface area (Å²) < 4.78 is 43.7. The zero-order valence-electron chi connectivity index (χ0n) is 14.9. The number of nitrogens with zero attached hydrogens (tertiary/aromatic N) is 2. The van der Waals surface area contributed by atoms with E-state index in [1.807, 2.05) is 0 Å². The molecule has 1 unspecified atom stereocenters. The average Bonchev–Trinajstić information content (AvgIpc) is 3.11. The molecule has 1 aliphatic heterocycles. The van der Waals surface area contributed by atoms with E-state index in [0.717, 1.165) is 10.9 Å². The number of rotatable bonds is 3. The Morgan fingerprint density at radius 2 is 2.03 bits per heavy atom. The molecule has 4 rings (SSSR count). The Bertz CT molecular complexity index is 1120. The molecule has 3 aromatic rings. The smallest absolute Gasteiger partial charge is 0.436 e. The number of hydrogen-bond acceptors (Lipinski definition) is 5. The zero-order valence-corrected chi connectivity index (χ0v) is 14.9. The summed E-state index contributed by atoms with van der Waals surface area (Å²) in [6.45, 7) is 0.346. The van der Waals surface area contributed by atoms with Crippen LogP contribution in [0.25, 0.3) is 16.6 Å². The predicted octanol–water partition coefficient (Wildman–Crippen LogP) is 2.37. The van der Waals surface area contributed by atoms with Crippen molar-refractivity contribution >= 4 is 22.8 Å². The Morgan fingerprint density at radius 1 is 1.24 bits per heavy atom. The molecular formula is C19H15F3N4O3. The van der Waals surface area contributed by atoms with Gasteiger partial charge in [0.15, 0.2) is 6.23 Å². The first-order valence-corrected chi connectivity index (χ1v) is 8.66. The molecule has 7 nitrogen and oxygen atoms in total. The predicted molar refractivity (Wildman–Crippen MR) is 96.2 cm³/mol. The van der Waals surface area contributed by atoms with Crippen molar-refractivity contribution in [1.82, 2.24) is 15.1 Å². The van der Waals surface area contributed by atoms with Crippen molar-refractivity contribution in [3.05, 3.63) is 59.3 Å². The van der Waals surface area contributed by atoms with E-state index in [1.54, 1.807) is 47.3 Å². The van der Waals surface area contributed by atoms with E-state index in [9.17, 15) is 22.8 Å². The van der Waals surface area contributed by atoms with Crippen LogP contribution in [-0.2, 0) is 16.0 Å². The number of benzene rings is 2. The van der Waals surface area contributed by atoms with Crippen LogP contribution in [0.4, 0.5) is 13.2 Å². The van der Waals surface area contributed by atoms with Gasteiger partial charge in [-0.15, -0.1) is 0 Å². The summed E-state index contributed by atoms with van der Waals surface area (Å²) in [5.74, 6) is -2.84. The van der Waals surface area contributed by atoms with Crippen LogP contribution in [0.5, 0.6) is 0 Å². The molecule has 0 radical (unpaired) electrons. The van der Waals surface area contributed by atoms with Crippen LogP contribution in [0.15, 0.2) is 42.6 Å². The molecule has 0 aliphatic carbocycles. The highest BCUT2D eigenvalue weighted by Crippen LogP contribution is 2.29. The summed E-state index contributed by atoms with van der Waals surface area (Å²) >= 11 is 0. The molecule has 29 heavy (non-hydrogen) atoms. The fraction of sp³-hybridized carbons (Fsp3) is 0.211. The Balaban J connectivity index is 1.68. The maximum atomic E-state index is 12.5. The summed E-state index contributed by atoms with van der Waals surface area (Å²) in [7, 11) is 0. The first-order chi connectivity index (χ1) is 13.7. The van der Waals surface area contributed by atoms with Crippen LogP contribution in [0, 0.1) is 0 Å². The Hall–Kier alpha value is -3.40. The van der Waals surface area contributed by atoms with Crippen LogP contribution >= 0.6 is 0 Å². The number of aromatic nitrogens is 2. The normalized spacial score (nSPS) is 16.4. The number of fused-ring (bicyclic) bond motifs is 2. The summed E-state index contributed by atoms with van der Waals surface area (Å²) in [6.07, 6.45) is -3.98. The minimum atomic E-state index is -5.06. The number of nitrogens with two attached hydrogens (primary N) is 1. The fourth-order valence-corrected chi connectivity index (χ4v) is 3.31. The van der Waals surface area contributed by atoms with E-state index >= 15 is 0 Å². The molecule has 2 aromatic carbocycles. The van der Waals surface area contributed by atoms with Gasteiger partial charge < -0.3 is 10.5 Å². The number of halogens is 3. The minimum Gasteiger partial charge on any atom is -0.436 e. The van der Waals surface area contributed by atoms with Gasteiger partial charge in [0.2, 0.25) is 0 Å². The quantitative estimate of drug-likeness (QED) is 0.653. The molecule has 3 N–H and O–H groups in total. The largest absolute Gasteiger partial charge is 0.490 e. The summed E-state index contributed by atoms with van der Waals surface area (Å²) in [6, 6.07) is 10.1. The van der Waals surface area contributed by atoms with E-state index in [-0.39, 0.29) is 0 Å². The standard InChI is InChI=1S/C19H15F3N4O3/c20-19(21,22)18(28)29-17-13-5-4-12(8-10(13)6-7-24-17)26-9-11-2-1-3-14(16(23)27)15(11)25-26/h1-5,8-9,17,24H,6-7H2,(H2,23,27). The van der Waals surface area contributed by atoms with Gasteiger partial charge in [0.1, 0.15) is 5.52 Å². The first-order valence-electron chi connectivity index (χ1n) is 8.66. The van der Waals surface area contributed by atoms with Crippen LogP contribution in [-0.4, -0.2) is 34.4 Å². The van der Waals surface area contributed by atoms with Crippen molar-refractivity contribution < 1.29 is 27.5 Å². The van der Waals surface area contributed by atoms with Gasteiger partial charge >= 0.3 is 12.1 Å². The van der Waals surface area contributed by atoms with Crippen molar-refractivity contribution in [3.8, 4) is 5.69 Å². The molecule has 1 atom stereocenters. The highest BCUT2D eigenvalue weighted by Gasteiger charge is 2.43. The molecule has 1 aromatic heterocycles. The van der Waals surface area contributed by atoms with Crippen LogP contribution in [0.2, 0.25) is 0 Å². The van der Waals surface area contributed by atoms with Gasteiger partial charge in [0.05, 0.1) is 11.3 Å². The molecular weight excluding hydrogens is 389 g/mol. The number of amides is 1. The van der Waals surface area contributed by atoms with Crippen LogP contribution in [0.3, 0.4) is 0 Å². The summed E-state index contributed by atoms with van der Waals surface area (Å²) in [5.41, 5.74) is 7.97. The molecule has 2 heterocycles. The van der Waals surface area contributed by atoms with Gasteiger partial charge in [-0.25, -0.2) is 9.48 Å². The maximum Gasteiger partial charge on any atom is 0.490 e. The van der Waals surface area contributed by atoms with E-state index in [1.165, 1.54) is 0 Å². The lowest BCUT2D eigenvalue weighted by Crippen LogP contribution is -2.36. The lowest BCUT2D eigenvalue weighted by molar-refractivity contribution is -0.207. The monoisotopic (exact) mass is 404 g/mol. The van der Waals surface area contributed by atoms with Gasteiger partial charge in [-0.05, 0) is 30.2 Å². The molecule has 0 saturated heterocycles. The number of hydrogen-bond donors (Lipinski definition) is 2. The van der Waals surface area contributed by atoms with Crippen LogP contribution < -0.4 is 11.1 Å². The van der Waals surface area contributed by atoms with Crippen molar-refractivity contribution in [3.63, 3.8) is 0 Å². The Morgan fingerprint density at radius 3 is 2.76 bits per heavy atom. The van der Waals surface area contributed by atoms with Gasteiger partial charge in [-0.1, -0.05) is 18.2 Å². The van der Waals surface area contributed by atoms with Crippen molar-refractivity contribution in [2.45, 2.75) is 18.8 Å². The lowest BCUT2D eigenvalue weighted by atomic mass is 9.99. The molecule has 0 saturated carbocycles. The van der Waals surface area contributed by atoms with E-state index in [4.69, 9.17) is 5.73 Å². The highest BCUT2D eigenvalue weighted by atomic mass is 19.4. The van der Waals surface area contributed by atoms with E-state index in [0.29, 0.717) is 35.3 Å². The summed E-state index contributed by atoms with van der Waals surface area (Å²) in [4.78, 5) is 22.8. The molecule has 1 aliphatic rings. The molecule has 0 spiro atoms. The summed E-state index contributed by atoms with van der Waals surface area (Å²) in [5, 5.41) is 7.90. The topological polar surface area (TPSA) is 99.2 Å². The molecule has 10 heteroatoms. The number of carbonyl (C=O) groups is 2. The number of primary amides is 1. The third kappa shape index (κ3) is 3.54. The second-order valence-electron chi connectivity index (χ2n) is 6.55. The average molecular weight is 404 g/mol. The molecule has 0 fully saturated rings. The number of nitrogens with one attached hydrogen (secondary N) is 1. The van der Waals surface area contributed by atoms with Gasteiger partial charge in [-0.3, -0.25) is 10.1 Å². The first kappa shape index (κ1) is 18.9. The molecule has 1 amide bonds. The van der Waals surface area contributed by atoms with Crippen molar-refractivity contribution in [2.24, 2.45) is 5.73 Å². The van der Waals surface area contributed by atoms with Gasteiger partial charge in [-0.2, -0.15) is 18.3 Å². The Kier molecular flexibility index (Phi) is 4.50. The SMILES string of the molecule is NC(=O)c1cccc2cn(-c3ccc4c(c3)CCNC4OC(=O)C(F)(F)F)nc12.